The first-order valence-corrected chi connectivity index (χ1v) is 6.48. The van der Waals surface area contributed by atoms with Gasteiger partial charge in [-0.2, -0.15) is 5.26 Å². The Morgan fingerprint density at radius 3 is 2.81 bits per heavy atom. The zero-order valence-electron chi connectivity index (χ0n) is 10.7. The first-order chi connectivity index (χ1) is 9.93. The molecule has 108 valence electrons. The van der Waals surface area contributed by atoms with Gasteiger partial charge in [-0.05, 0) is 13.0 Å². The predicted octanol–water partition coefficient (Wildman–Crippen LogP) is 3.77. The predicted molar refractivity (Wildman–Crippen MR) is 75.6 cm³/mol. The lowest BCUT2D eigenvalue weighted by molar-refractivity contribution is 0.347. The van der Waals surface area contributed by atoms with Gasteiger partial charge in [0, 0.05) is 11.1 Å². The van der Waals surface area contributed by atoms with Crippen molar-refractivity contribution in [2.24, 2.45) is 0 Å². The maximum atomic E-state index is 13.5. The highest BCUT2D eigenvalue weighted by atomic mass is 35.5. The van der Waals surface area contributed by atoms with Crippen molar-refractivity contribution in [1.29, 1.82) is 5.26 Å². The van der Waals surface area contributed by atoms with Crippen LogP contribution in [-0.4, -0.2) is 9.97 Å². The van der Waals surface area contributed by atoms with Crippen LogP contribution in [-0.2, 0) is 0 Å². The van der Waals surface area contributed by atoms with Crippen molar-refractivity contribution >= 4 is 23.2 Å². The number of hydrogen-bond donors (Lipinski definition) is 1. The fourth-order valence-electron chi connectivity index (χ4n) is 1.61. The Morgan fingerprint density at radius 1 is 1.48 bits per heavy atom. The topological polar surface area (TPSA) is 78.8 Å². The van der Waals surface area contributed by atoms with E-state index in [-0.39, 0.29) is 32.8 Å². The van der Waals surface area contributed by atoms with E-state index in [0.29, 0.717) is 0 Å². The molecule has 1 aromatic carbocycles. The standard InChI is InChI=1S/C13H8Cl2FN3O2/c1-6(16)11-12(13(20)19-5-18-11)21-9-3-8(14)2-7(4-17)10(9)15/h2-3,5-6H,1H3,(H,18,19,20). The minimum Gasteiger partial charge on any atom is -0.448 e. The molecule has 1 heterocycles. The lowest BCUT2D eigenvalue weighted by atomic mass is 10.2. The summed E-state index contributed by atoms with van der Waals surface area (Å²) >= 11 is 11.8. The molecule has 5 nitrogen and oxygen atoms in total. The van der Waals surface area contributed by atoms with E-state index in [1.54, 1.807) is 0 Å². The Balaban J connectivity index is 2.57. The first kappa shape index (κ1) is 15.3. The zero-order valence-corrected chi connectivity index (χ0v) is 12.2. The summed E-state index contributed by atoms with van der Waals surface area (Å²) in [7, 11) is 0. The van der Waals surface area contributed by atoms with E-state index in [1.165, 1.54) is 19.1 Å². The summed E-state index contributed by atoms with van der Waals surface area (Å²) in [5, 5.41) is 9.11. The Labute approximate surface area is 128 Å². The number of nitrogens with zero attached hydrogens (tertiary/aromatic N) is 2. The number of aromatic amines is 1. The number of rotatable bonds is 3. The molecule has 1 atom stereocenters. The molecule has 0 saturated heterocycles. The highest BCUT2D eigenvalue weighted by Crippen LogP contribution is 2.35. The Hall–Kier alpha value is -2.10. The van der Waals surface area contributed by atoms with Crippen LogP contribution in [0.3, 0.4) is 0 Å². The second-order valence-corrected chi connectivity index (χ2v) is 4.86. The Morgan fingerprint density at radius 2 is 2.19 bits per heavy atom. The summed E-state index contributed by atoms with van der Waals surface area (Å²) in [6, 6.07) is 4.52. The molecule has 8 heteroatoms. The molecule has 0 amide bonds. The molecule has 1 N–H and O–H groups in total. The maximum Gasteiger partial charge on any atom is 0.294 e. The van der Waals surface area contributed by atoms with Crippen LogP contribution >= 0.6 is 23.2 Å². The van der Waals surface area contributed by atoms with Crippen LogP contribution < -0.4 is 10.3 Å². The van der Waals surface area contributed by atoms with Crippen molar-refractivity contribution in [2.75, 3.05) is 0 Å². The van der Waals surface area contributed by atoms with E-state index in [9.17, 15) is 9.18 Å². The van der Waals surface area contributed by atoms with Crippen molar-refractivity contribution in [3.05, 3.63) is 50.1 Å². The van der Waals surface area contributed by atoms with Crippen molar-refractivity contribution in [2.45, 2.75) is 13.1 Å². The van der Waals surface area contributed by atoms with Crippen LogP contribution in [0.2, 0.25) is 10.0 Å². The molecular weight excluding hydrogens is 320 g/mol. The Bertz CT molecular complexity index is 784. The van der Waals surface area contributed by atoms with Gasteiger partial charge in [0.25, 0.3) is 5.56 Å². The van der Waals surface area contributed by atoms with Crippen LogP contribution in [0.1, 0.15) is 24.4 Å². The Kier molecular flexibility index (Phi) is 4.46. The molecule has 1 aromatic heterocycles. The van der Waals surface area contributed by atoms with Gasteiger partial charge in [0.2, 0.25) is 5.75 Å². The number of H-pyrrole nitrogens is 1. The number of nitriles is 1. The molecule has 0 radical (unpaired) electrons. The molecule has 1 unspecified atom stereocenters. The van der Waals surface area contributed by atoms with Gasteiger partial charge >= 0.3 is 0 Å². The summed E-state index contributed by atoms with van der Waals surface area (Å²) in [4.78, 5) is 17.8. The van der Waals surface area contributed by atoms with Crippen LogP contribution in [0.15, 0.2) is 23.3 Å². The third-order valence-electron chi connectivity index (χ3n) is 2.55. The third-order valence-corrected chi connectivity index (χ3v) is 3.16. The summed E-state index contributed by atoms with van der Waals surface area (Å²) < 4.78 is 18.8. The molecular formula is C13H8Cl2FN3O2. The van der Waals surface area contributed by atoms with Crippen molar-refractivity contribution in [3.63, 3.8) is 0 Å². The smallest absolute Gasteiger partial charge is 0.294 e. The molecule has 0 spiro atoms. The number of nitrogens with one attached hydrogen (secondary N) is 1. The van der Waals surface area contributed by atoms with Crippen LogP contribution in [0, 0.1) is 11.3 Å². The highest BCUT2D eigenvalue weighted by Gasteiger charge is 2.19. The van der Waals surface area contributed by atoms with Crippen molar-refractivity contribution in [1.82, 2.24) is 9.97 Å². The van der Waals surface area contributed by atoms with E-state index >= 15 is 0 Å². The largest absolute Gasteiger partial charge is 0.448 e. The second-order valence-electron chi connectivity index (χ2n) is 4.04. The fraction of sp³-hybridized carbons (Fsp3) is 0.154. The molecule has 0 aliphatic heterocycles. The summed E-state index contributed by atoms with van der Waals surface area (Å²) in [6.45, 7) is 1.22. The minimum atomic E-state index is -1.52. The molecule has 2 aromatic rings. The summed E-state index contributed by atoms with van der Waals surface area (Å²) in [5.74, 6) is -0.360. The summed E-state index contributed by atoms with van der Waals surface area (Å²) in [5.41, 5.74) is -0.762. The number of ether oxygens (including phenoxy) is 1. The second kappa shape index (κ2) is 6.12. The lowest BCUT2D eigenvalue weighted by Gasteiger charge is -2.11. The number of aromatic nitrogens is 2. The molecule has 0 fully saturated rings. The van der Waals surface area contributed by atoms with Gasteiger partial charge in [-0.15, -0.1) is 0 Å². The number of alkyl halides is 1. The molecule has 2 rings (SSSR count). The maximum absolute atomic E-state index is 13.5. The minimum absolute atomic E-state index is 0.0254. The zero-order chi connectivity index (χ0) is 15.6. The van der Waals surface area contributed by atoms with E-state index in [1.807, 2.05) is 6.07 Å². The fourth-order valence-corrected chi connectivity index (χ4v) is 2.01. The van der Waals surface area contributed by atoms with Gasteiger partial charge in [0.1, 0.15) is 28.7 Å². The van der Waals surface area contributed by atoms with E-state index in [0.717, 1.165) is 6.33 Å². The van der Waals surface area contributed by atoms with Gasteiger partial charge in [0.15, 0.2) is 0 Å². The lowest BCUT2D eigenvalue weighted by Crippen LogP contribution is -2.13. The van der Waals surface area contributed by atoms with Gasteiger partial charge in [0.05, 0.1) is 11.9 Å². The summed E-state index contributed by atoms with van der Waals surface area (Å²) in [6.07, 6.45) is -0.448. The molecule has 0 saturated carbocycles. The van der Waals surface area contributed by atoms with Gasteiger partial charge in [-0.3, -0.25) is 4.79 Å². The molecule has 0 aliphatic rings. The third kappa shape index (κ3) is 3.15. The highest BCUT2D eigenvalue weighted by molar-refractivity contribution is 6.35. The van der Waals surface area contributed by atoms with Crippen LogP contribution in [0.5, 0.6) is 11.5 Å². The van der Waals surface area contributed by atoms with Gasteiger partial charge in [-0.1, -0.05) is 23.2 Å². The van der Waals surface area contributed by atoms with E-state index in [2.05, 4.69) is 9.97 Å². The van der Waals surface area contributed by atoms with Crippen LogP contribution in [0.25, 0.3) is 0 Å². The molecule has 21 heavy (non-hydrogen) atoms. The van der Waals surface area contributed by atoms with Gasteiger partial charge < -0.3 is 9.72 Å². The monoisotopic (exact) mass is 327 g/mol. The first-order valence-electron chi connectivity index (χ1n) is 5.72. The molecule has 0 bridgehead atoms. The number of benzene rings is 1. The van der Waals surface area contributed by atoms with Crippen LogP contribution in [0.4, 0.5) is 4.39 Å². The quantitative estimate of drug-likeness (QED) is 0.930. The number of halogens is 3. The van der Waals surface area contributed by atoms with E-state index < -0.39 is 11.7 Å². The van der Waals surface area contributed by atoms with Crippen molar-refractivity contribution < 1.29 is 9.13 Å². The SMILES string of the molecule is CC(F)c1nc[nH]c(=O)c1Oc1cc(Cl)cc(C#N)c1Cl. The van der Waals surface area contributed by atoms with Crippen molar-refractivity contribution in [3.8, 4) is 17.6 Å². The molecule has 0 aliphatic carbocycles. The number of hydrogen-bond acceptors (Lipinski definition) is 4. The van der Waals surface area contributed by atoms with Gasteiger partial charge in [-0.25, -0.2) is 9.37 Å². The van der Waals surface area contributed by atoms with E-state index in [4.69, 9.17) is 33.2 Å². The average Bonchev–Trinajstić information content (AvgIpc) is 2.44. The average molecular weight is 328 g/mol. The normalized spacial score (nSPS) is 11.8.